The number of methoxy groups -OCH3 is 2. The second-order valence-electron chi connectivity index (χ2n) is 20.5. The normalized spacial score (nSPS) is 18.9. The van der Waals surface area contributed by atoms with Crippen LogP contribution in [0, 0.1) is 29.1 Å². The van der Waals surface area contributed by atoms with Gasteiger partial charge in [0.2, 0.25) is 42.4 Å². The average Bonchev–Trinajstić information content (AvgIpc) is 3.93. The highest BCUT2D eigenvalue weighted by Crippen LogP contribution is 2.50. The highest BCUT2D eigenvalue weighted by Gasteiger charge is 2.56. The topological polar surface area (TPSA) is 175 Å². The number of imide groups is 1. The molecule has 67 heavy (non-hydrogen) atoms. The van der Waals surface area contributed by atoms with Crippen molar-refractivity contribution in [1.82, 2.24) is 30.2 Å². The van der Waals surface area contributed by atoms with Crippen LogP contribution in [0.15, 0.2) is 0 Å². The Morgan fingerprint density at radius 3 is 1.93 bits per heavy atom. The molecule has 1 saturated heterocycles. The van der Waals surface area contributed by atoms with Gasteiger partial charge in [0, 0.05) is 66.0 Å². The van der Waals surface area contributed by atoms with Crippen molar-refractivity contribution in [2.24, 2.45) is 29.1 Å². The van der Waals surface area contributed by atoms with Crippen LogP contribution in [0.5, 0.6) is 0 Å². The maximum atomic E-state index is 14.0. The van der Waals surface area contributed by atoms with E-state index in [2.05, 4.69) is 59.1 Å². The fraction of sp³-hybridized carbons (Fsp3) is 0.863. The first-order valence-corrected chi connectivity index (χ1v) is 26.1. The number of nitrogens with one attached hydrogen (secondary N) is 2. The highest BCUT2D eigenvalue weighted by molar-refractivity contribution is 7.99. The van der Waals surface area contributed by atoms with E-state index >= 15 is 0 Å². The quantitative estimate of drug-likeness (QED) is 0.0577. The number of amides is 7. The predicted octanol–water partition coefficient (Wildman–Crippen LogP) is 7.19. The Morgan fingerprint density at radius 1 is 0.821 bits per heavy atom. The van der Waals surface area contributed by atoms with Gasteiger partial charge in [0.25, 0.3) is 0 Å². The summed E-state index contributed by atoms with van der Waals surface area (Å²) in [6.45, 7) is 25.0. The minimum atomic E-state index is -0.789. The number of hydrogen-bond donors (Lipinski definition) is 2. The summed E-state index contributed by atoms with van der Waals surface area (Å²) < 4.78 is 11.8. The van der Waals surface area contributed by atoms with Gasteiger partial charge < -0.3 is 34.8 Å². The Kier molecular flexibility index (Phi) is 31.7. The highest BCUT2D eigenvalue weighted by atomic mass is 32.2. The Morgan fingerprint density at radius 2 is 1.43 bits per heavy atom. The molecule has 15 nitrogen and oxygen atoms in total. The number of hydrogen-bond acceptors (Lipinski definition) is 10. The van der Waals surface area contributed by atoms with E-state index in [4.69, 9.17) is 14.3 Å². The van der Waals surface area contributed by atoms with E-state index in [-0.39, 0.29) is 89.6 Å². The molecule has 0 aromatic carbocycles. The number of ether oxygens (including phenoxy) is 2. The number of likely N-dealkylation sites (N-methyl/N-ethyl adjacent to an activating group) is 2. The van der Waals surface area contributed by atoms with Gasteiger partial charge in [-0.1, -0.05) is 102 Å². The molecule has 2 aliphatic rings. The number of likely N-dealkylation sites (tertiary alicyclic amines) is 1. The van der Waals surface area contributed by atoms with Gasteiger partial charge in [0.05, 0.1) is 37.3 Å². The third-order valence-corrected chi connectivity index (χ3v) is 14.0. The van der Waals surface area contributed by atoms with Crippen molar-refractivity contribution in [3.8, 4) is 0 Å². The maximum absolute atomic E-state index is 14.0. The van der Waals surface area contributed by atoms with E-state index in [0.29, 0.717) is 51.0 Å². The molecule has 0 spiro atoms. The molecule has 9 unspecified atom stereocenters. The molecule has 390 valence electrons. The summed E-state index contributed by atoms with van der Waals surface area (Å²) in [4.78, 5) is 94.5. The third kappa shape index (κ3) is 22.8. The lowest BCUT2D eigenvalue weighted by Crippen LogP contribution is -2.55. The summed E-state index contributed by atoms with van der Waals surface area (Å²) in [6.07, 6.45) is 9.23. The lowest BCUT2D eigenvalue weighted by atomic mass is 9.90. The Labute approximate surface area is 411 Å². The molecule has 9 atom stereocenters. The smallest absolute Gasteiger partial charge is 0.243 e. The number of unbranched alkanes of at least 4 members (excludes halogenated alkanes) is 2. The van der Waals surface area contributed by atoms with Gasteiger partial charge >= 0.3 is 0 Å². The van der Waals surface area contributed by atoms with Gasteiger partial charge in [-0.15, -0.1) is 0 Å². The van der Waals surface area contributed by atoms with Crippen LogP contribution in [0.4, 0.5) is 0 Å². The van der Waals surface area contributed by atoms with E-state index in [1.807, 2.05) is 39.5 Å². The Bertz CT molecular complexity index is 1480. The molecule has 2 fully saturated rings. The number of fused-ring (bicyclic) bond motifs is 1. The summed E-state index contributed by atoms with van der Waals surface area (Å²) in [5.41, 5.74) is 0.289. The van der Waals surface area contributed by atoms with Crippen molar-refractivity contribution >= 4 is 54.1 Å². The fourth-order valence-electron chi connectivity index (χ4n) is 8.99. The van der Waals surface area contributed by atoms with Crippen LogP contribution in [-0.4, -0.2) is 158 Å². The molecule has 0 aromatic heterocycles. The van der Waals surface area contributed by atoms with Gasteiger partial charge in [-0.05, 0) is 73.4 Å². The van der Waals surface area contributed by atoms with Crippen LogP contribution in [-0.2, 0) is 43.0 Å². The molecule has 0 radical (unpaired) electrons. The Hall–Kier alpha value is -3.24. The van der Waals surface area contributed by atoms with Crippen LogP contribution in [0.2, 0.25) is 0 Å². The minimum absolute atomic E-state index is 0.00747. The predicted molar refractivity (Wildman–Crippen MR) is 271 cm³/mol. The SMILES string of the molecule is CCC.CCC(C)C(C(CC(=O)N1C2CC2CC1C(OC)C(C)C)OC)N(C)C(=O)CNC(=O)C(C(C)C)N(C)C(=O)CCCCCN(C=O)C(=O)CC(C)SCCCC(C)(C)C.CNC=O. The number of carbonyl (C=O) groups is 7. The molecule has 16 heteroatoms. The van der Waals surface area contributed by atoms with E-state index in [1.165, 1.54) is 16.2 Å². The first kappa shape index (κ1) is 63.8. The van der Waals surface area contributed by atoms with Crippen LogP contribution in [0.1, 0.15) is 160 Å². The molecule has 1 saturated carbocycles. The molecule has 0 bridgehead atoms. The van der Waals surface area contributed by atoms with Crippen molar-refractivity contribution in [3.05, 3.63) is 0 Å². The number of carbonyl (C=O) groups excluding carboxylic acids is 7. The lowest BCUT2D eigenvalue weighted by Gasteiger charge is -2.40. The molecule has 0 aromatic rings. The number of thioether (sulfide) groups is 1. The third-order valence-electron chi connectivity index (χ3n) is 12.8. The minimum Gasteiger partial charge on any atom is -0.379 e. The largest absolute Gasteiger partial charge is 0.379 e. The number of piperidine rings is 1. The number of rotatable bonds is 29. The van der Waals surface area contributed by atoms with E-state index in [9.17, 15) is 28.8 Å². The fourth-order valence-corrected chi connectivity index (χ4v) is 9.96. The monoisotopic (exact) mass is 969 g/mol. The summed E-state index contributed by atoms with van der Waals surface area (Å²) in [6, 6.07) is -0.944. The molecular formula is C51H96N6O9S. The van der Waals surface area contributed by atoms with Gasteiger partial charge in [0.15, 0.2) is 0 Å². The standard InChI is InChI=1S/C46H83N5O8S.C3H8.C2H5NO/c1-15-32(6)43(37(58-13)27-40(55)51-35-25-34(35)26-36(51)44(59-14)31(4)5)49(12)41(56)28-47-45(57)42(30(2)3)48(11)38(53)20-17-16-18-22-50(29-52)39(54)24-33(7)60-23-19-21-46(8,9)10;1-3-2;1-3-2-4/h29-37,42-44H,15-28H2,1-14H3,(H,47,57);3H2,1-2H3;2H,1H3,(H,3,4). The molecule has 2 N–H and O–H groups in total. The van der Waals surface area contributed by atoms with Crippen LogP contribution in [0.3, 0.4) is 0 Å². The van der Waals surface area contributed by atoms with Crippen molar-refractivity contribution in [2.75, 3.05) is 54.2 Å². The van der Waals surface area contributed by atoms with Crippen molar-refractivity contribution < 1.29 is 43.0 Å². The van der Waals surface area contributed by atoms with Gasteiger partial charge in [-0.3, -0.25) is 38.5 Å². The number of nitrogens with zero attached hydrogens (tertiary/aromatic N) is 4. The van der Waals surface area contributed by atoms with Crippen LogP contribution >= 0.6 is 11.8 Å². The zero-order valence-electron chi connectivity index (χ0n) is 45.0. The molecule has 1 aliphatic carbocycles. The second kappa shape index (κ2) is 33.3. The van der Waals surface area contributed by atoms with Crippen molar-refractivity contribution in [2.45, 2.75) is 202 Å². The summed E-state index contributed by atoms with van der Waals surface area (Å²) in [7, 11) is 8.17. The molecular weight excluding hydrogens is 873 g/mol. The first-order chi connectivity index (χ1) is 31.5. The van der Waals surface area contributed by atoms with Crippen LogP contribution < -0.4 is 10.6 Å². The van der Waals surface area contributed by atoms with E-state index in [0.717, 1.165) is 37.9 Å². The van der Waals surface area contributed by atoms with E-state index < -0.39 is 24.1 Å². The van der Waals surface area contributed by atoms with Crippen molar-refractivity contribution in [1.29, 1.82) is 0 Å². The zero-order valence-corrected chi connectivity index (χ0v) is 45.8. The summed E-state index contributed by atoms with van der Waals surface area (Å²) in [5.74, 6) is 0.463. The van der Waals surface area contributed by atoms with Gasteiger partial charge in [-0.2, -0.15) is 11.8 Å². The van der Waals surface area contributed by atoms with E-state index in [1.54, 1.807) is 52.0 Å². The first-order valence-electron chi connectivity index (χ1n) is 25.1. The van der Waals surface area contributed by atoms with Gasteiger partial charge in [0.1, 0.15) is 6.04 Å². The molecule has 1 heterocycles. The van der Waals surface area contributed by atoms with Gasteiger partial charge in [-0.25, -0.2) is 0 Å². The Balaban J connectivity index is 0.00000580. The summed E-state index contributed by atoms with van der Waals surface area (Å²) in [5, 5.41) is 5.17. The average molecular weight is 969 g/mol. The maximum Gasteiger partial charge on any atom is 0.243 e. The van der Waals surface area contributed by atoms with Crippen molar-refractivity contribution in [3.63, 3.8) is 0 Å². The lowest BCUT2D eigenvalue weighted by molar-refractivity contribution is -0.146. The molecule has 7 amide bonds. The molecule has 1 aliphatic heterocycles. The molecule has 2 rings (SSSR count). The second-order valence-corrected chi connectivity index (χ2v) is 22.1. The zero-order chi connectivity index (χ0) is 51.6. The van der Waals surface area contributed by atoms with Crippen LogP contribution in [0.25, 0.3) is 0 Å². The summed E-state index contributed by atoms with van der Waals surface area (Å²) >= 11 is 1.76.